The third-order valence-electron chi connectivity index (χ3n) is 3.98. The highest BCUT2D eigenvalue weighted by molar-refractivity contribution is 9.10. The number of carbonyl (C=O) groups is 1. The Kier molecular flexibility index (Phi) is 5.14. The maximum atomic E-state index is 12.8. The van der Waals surface area contributed by atoms with Gasteiger partial charge in [0.25, 0.3) is 0 Å². The number of hydrogen-bond acceptors (Lipinski definition) is 4. The third-order valence-corrected chi connectivity index (χ3v) is 6.58. The summed E-state index contributed by atoms with van der Waals surface area (Å²) in [6.07, 6.45) is 1.03. The molecule has 0 aliphatic carbocycles. The second-order valence-corrected chi connectivity index (χ2v) is 7.98. The smallest absolute Gasteiger partial charge is 0.308 e. The third kappa shape index (κ3) is 3.13. The van der Waals surface area contributed by atoms with Crippen molar-refractivity contribution in [3.63, 3.8) is 0 Å². The molecule has 122 valence electrons. The number of aliphatic carboxylic acids is 1. The van der Waals surface area contributed by atoms with Crippen molar-refractivity contribution >= 4 is 31.9 Å². The molecule has 1 fully saturated rings. The van der Waals surface area contributed by atoms with Crippen molar-refractivity contribution in [2.75, 3.05) is 13.7 Å². The quantitative estimate of drug-likeness (QED) is 0.851. The molecule has 1 aliphatic rings. The van der Waals surface area contributed by atoms with Gasteiger partial charge < -0.3 is 9.84 Å². The molecule has 0 amide bonds. The molecule has 8 heteroatoms. The zero-order chi connectivity index (χ0) is 16.5. The molecular weight excluding hydrogens is 374 g/mol. The molecular formula is C14H18BrNO5S. The molecule has 0 unspecified atom stereocenters. The number of halogens is 1. The molecule has 0 radical (unpaired) electrons. The Balaban J connectivity index is 2.37. The average molecular weight is 392 g/mol. The van der Waals surface area contributed by atoms with Gasteiger partial charge in [-0.2, -0.15) is 4.31 Å². The van der Waals surface area contributed by atoms with E-state index in [4.69, 9.17) is 4.74 Å². The summed E-state index contributed by atoms with van der Waals surface area (Å²) in [5.41, 5.74) is 0. The Morgan fingerprint density at radius 1 is 1.45 bits per heavy atom. The van der Waals surface area contributed by atoms with Gasteiger partial charge in [-0.3, -0.25) is 4.79 Å². The summed E-state index contributed by atoms with van der Waals surface area (Å²) < 4.78 is 32.5. The van der Waals surface area contributed by atoms with E-state index in [1.54, 1.807) is 13.0 Å². The number of sulfonamides is 1. The van der Waals surface area contributed by atoms with Crippen LogP contribution < -0.4 is 4.74 Å². The molecule has 1 N–H and O–H groups in total. The lowest BCUT2D eigenvalue weighted by molar-refractivity contribution is -0.144. The van der Waals surface area contributed by atoms with E-state index in [1.807, 2.05) is 0 Å². The molecule has 1 aromatic rings. The Hall–Kier alpha value is -1.12. The predicted molar refractivity (Wildman–Crippen MR) is 84.4 cm³/mol. The van der Waals surface area contributed by atoms with E-state index in [0.717, 1.165) is 0 Å². The topological polar surface area (TPSA) is 83.9 Å². The van der Waals surface area contributed by atoms with Gasteiger partial charge in [-0.15, -0.1) is 0 Å². The largest absolute Gasteiger partial charge is 0.496 e. The number of nitrogens with zero attached hydrogens (tertiary/aromatic N) is 1. The number of carboxylic acid groups (broad SMARTS) is 1. The van der Waals surface area contributed by atoms with E-state index in [9.17, 15) is 18.3 Å². The van der Waals surface area contributed by atoms with Crippen LogP contribution >= 0.6 is 15.9 Å². The highest BCUT2D eigenvalue weighted by atomic mass is 79.9. The van der Waals surface area contributed by atoms with Gasteiger partial charge in [0.15, 0.2) is 0 Å². The number of methoxy groups -OCH3 is 1. The summed E-state index contributed by atoms with van der Waals surface area (Å²) in [7, 11) is -2.24. The fourth-order valence-corrected chi connectivity index (χ4v) is 5.15. The zero-order valence-corrected chi connectivity index (χ0v) is 14.7. The van der Waals surface area contributed by atoms with E-state index in [0.29, 0.717) is 29.6 Å². The average Bonchev–Trinajstić information content (AvgIpc) is 2.46. The highest BCUT2D eigenvalue weighted by Crippen LogP contribution is 2.32. The molecule has 1 aromatic carbocycles. The summed E-state index contributed by atoms with van der Waals surface area (Å²) >= 11 is 3.27. The van der Waals surface area contributed by atoms with E-state index in [2.05, 4.69) is 15.9 Å². The fraction of sp³-hybridized carbons (Fsp3) is 0.500. The molecule has 2 atom stereocenters. The lowest BCUT2D eigenvalue weighted by Gasteiger charge is -2.36. The first-order chi connectivity index (χ1) is 10.3. The molecule has 0 spiro atoms. The van der Waals surface area contributed by atoms with Crippen LogP contribution in [0.5, 0.6) is 5.75 Å². The second-order valence-electron chi connectivity index (χ2n) is 5.24. The van der Waals surface area contributed by atoms with Crippen LogP contribution in [0.25, 0.3) is 0 Å². The van der Waals surface area contributed by atoms with Crippen LogP contribution in [0.15, 0.2) is 27.6 Å². The summed E-state index contributed by atoms with van der Waals surface area (Å²) in [6.45, 7) is 1.98. The predicted octanol–water partition coefficient (Wildman–Crippen LogP) is 2.33. The van der Waals surface area contributed by atoms with Gasteiger partial charge in [-0.25, -0.2) is 8.42 Å². The Bertz CT molecular complexity index is 676. The fourth-order valence-electron chi connectivity index (χ4n) is 2.72. The number of carboxylic acids is 1. The van der Waals surface area contributed by atoms with Crippen LogP contribution in [-0.2, 0) is 14.8 Å². The van der Waals surface area contributed by atoms with Crippen LogP contribution in [0.3, 0.4) is 0 Å². The van der Waals surface area contributed by atoms with Crippen LogP contribution in [0.2, 0.25) is 0 Å². The number of ether oxygens (including phenoxy) is 1. The van der Waals surface area contributed by atoms with Gasteiger partial charge in [0, 0.05) is 12.6 Å². The van der Waals surface area contributed by atoms with E-state index < -0.39 is 28.0 Å². The number of rotatable bonds is 4. The van der Waals surface area contributed by atoms with E-state index in [1.165, 1.54) is 23.5 Å². The maximum Gasteiger partial charge on any atom is 0.308 e. The lowest BCUT2D eigenvalue weighted by atomic mass is 9.92. The minimum absolute atomic E-state index is 0.123. The van der Waals surface area contributed by atoms with Crippen molar-refractivity contribution in [3.8, 4) is 5.75 Å². The first-order valence-electron chi connectivity index (χ1n) is 6.87. The van der Waals surface area contributed by atoms with Gasteiger partial charge in [0.1, 0.15) is 5.75 Å². The van der Waals surface area contributed by atoms with Crippen LogP contribution in [0, 0.1) is 5.92 Å². The van der Waals surface area contributed by atoms with Crippen molar-refractivity contribution < 1.29 is 23.1 Å². The van der Waals surface area contributed by atoms with Gasteiger partial charge in [0.2, 0.25) is 10.0 Å². The Morgan fingerprint density at radius 2 is 2.14 bits per heavy atom. The standard InChI is InChI=1S/C14H18BrNO5S/c1-9-11(14(17)18)4-3-7-16(9)22(19,20)10-5-6-13(21-2)12(15)8-10/h5-6,8-9,11H,3-4,7H2,1-2H3,(H,17,18)/t9-,11-/m0/s1. The normalized spacial score (nSPS) is 23.2. The first kappa shape index (κ1) is 17.2. The lowest BCUT2D eigenvalue weighted by Crippen LogP contribution is -2.48. The zero-order valence-electron chi connectivity index (χ0n) is 12.3. The van der Waals surface area contributed by atoms with E-state index in [-0.39, 0.29) is 4.90 Å². The molecule has 1 aliphatic heterocycles. The van der Waals surface area contributed by atoms with Gasteiger partial charge in [0.05, 0.1) is 22.4 Å². The Morgan fingerprint density at radius 3 is 2.68 bits per heavy atom. The molecule has 1 heterocycles. The number of piperidine rings is 1. The SMILES string of the molecule is COc1ccc(S(=O)(=O)N2CCC[C@H](C(=O)O)[C@@H]2C)cc1Br. The monoisotopic (exact) mass is 391 g/mol. The summed E-state index contributed by atoms with van der Waals surface area (Å²) in [4.78, 5) is 11.4. The van der Waals surface area contributed by atoms with Gasteiger partial charge in [-0.05, 0) is 53.9 Å². The summed E-state index contributed by atoms with van der Waals surface area (Å²) in [5, 5.41) is 9.23. The van der Waals surface area contributed by atoms with Gasteiger partial charge in [-0.1, -0.05) is 0 Å². The summed E-state index contributed by atoms with van der Waals surface area (Å²) in [5.74, 6) is -1.09. The number of hydrogen-bond donors (Lipinski definition) is 1. The van der Waals surface area contributed by atoms with E-state index >= 15 is 0 Å². The number of benzene rings is 1. The van der Waals surface area contributed by atoms with Crippen LogP contribution in [-0.4, -0.2) is 43.5 Å². The molecule has 6 nitrogen and oxygen atoms in total. The molecule has 2 rings (SSSR count). The van der Waals surface area contributed by atoms with Crippen molar-refractivity contribution in [3.05, 3.63) is 22.7 Å². The molecule has 22 heavy (non-hydrogen) atoms. The minimum Gasteiger partial charge on any atom is -0.496 e. The van der Waals surface area contributed by atoms with Crippen LogP contribution in [0.1, 0.15) is 19.8 Å². The summed E-state index contributed by atoms with van der Waals surface area (Å²) in [6, 6.07) is 3.94. The van der Waals surface area contributed by atoms with Gasteiger partial charge >= 0.3 is 5.97 Å². The minimum atomic E-state index is -3.74. The van der Waals surface area contributed by atoms with Crippen molar-refractivity contribution in [2.45, 2.75) is 30.7 Å². The maximum absolute atomic E-state index is 12.8. The molecule has 0 aromatic heterocycles. The Labute approximate surface area is 138 Å². The van der Waals surface area contributed by atoms with Crippen molar-refractivity contribution in [1.82, 2.24) is 4.31 Å². The molecule has 1 saturated heterocycles. The molecule has 0 saturated carbocycles. The van der Waals surface area contributed by atoms with Crippen molar-refractivity contribution in [1.29, 1.82) is 0 Å². The highest BCUT2D eigenvalue weighted by Gasteiger charge is 2.39. The van der Waals surface area contributed by atoms with Crippen LogP contribution in [0.4, 0.5) is 0 Å². The first-order valence-corrected chi connectivity index (χ1v) is 9.10. The molecule has 0 bridgehead atoms. The van der Waals surface area contributed by atoms with Crippen molar-refractivity contribution in [2.24, 2.45) is 5.92 Å². The second kappa shape index (κ2) is 6.55.